The van der Waals surface area contributed by atoms with Crippen LogP contribution in [0.4, 0.5) is 0 Å². The van der Waals surface area contributed by atoms with Crippen molar-refractivity contribution in [3.63, 3.8) is 0 Å². The van der Waals surface area contributed by atoms with Gasteiger partial charge in [-0.15, -0.1) is 11.3 Å². The van der Waals surface area contributed by atoms with Gasteiger partial charge >= 0.3 is 5.97 Å². The molecule has 0 bridgehead atoms. The first-order valence-corrected chi connectivity index (χ1v) is 9.05. The Bertz CT molecular complexity index is 836. The quantitative estimate of drug-likeness (QED) is 0.607. The molecule has 0 unspecified atom stereocenters. The second kappa shape index (κ2) is 10.6. The first-order chi connectivity index (χ1) is 13.1. The predicted octanol–water partition coefficient (Wildman–Crippen LogP) is 1.95. The molecule has 0 aliphatic carbocycles. The standard InChI is InChI=1S/C18H17N5O3S/c19-6-3-9-23(10-4-7-20)16(24)12-26-17(25)11-14-13-27-18(22-14)15-5-1-2-8-21-15/h1-2,5,8,13H,3-4,9-12H2. The summed E-state index contributed by atoms with van der Waals surface area (Å²) in [6.07, 6.45) is 1.92. The third kappa shape index (κ3) is 6.49. The number of nitrogens with zero attached hydrogens (tertiary/aromatic N) is 5. The van der Waals surface area contributed by atoms with Gasteiger partial charge in [0.1, 0.15) is 5.01 Å². The molecule has 0 aromatic carbocycles. The average Bonchev–Trinajstić information content (AvgIpc) is 3.15. The molecule has 27 heavy (non-hydrogen) atoms. The second-order valence-electron chi connectivity index (χ2n) is 5.39. The molecule has 8 nitrogen and oxygen atoms in total. The van der Waals surface area contributed by atoms with E-state index in [4.69, 9.17) is 15.3 Å². The highest BCUT2D eigenvalue weighted by Crippen LogP contribution is 2.21. The molecule has 0 N–H and O–H groups in total. The van der Waals surface area contributed by atoms with Crippen LogP contribution in [0.25, 0.3) is 10.7 Å². The van der Waals surface area contributed by atoms with E-state index in [1.54, 1.807) is 11.6 Å². The van der Waals surface area contributed by atoms with Crippen molar-refractivity contribution in [1.82, 2.24) is 14.9 Å². The number of esters is 1. The summed E-state index contributed by atoms with van der Waals surface area (Å²) in [6, 6.07) is 9.39. The number of rotatable bonds is 9. The van der Waals surface area contributed by atoms with Crippen molar-refractivity contribution in [2.24, 2.45) is 0 Å². The summed E-state index contributed by atoms with van der Waals surface area (Å²) in [5.41, 5.74) is 1.27. The maximum atomic E-state index is 12.1. The minimum Gasteiger partial charge on any atom is -0.455 e. The van der Waals surface area contributed by atoms with Crippen LogP contribution >= 0.6 is 11.3 Å². The Balaban J connectivity index is 1.85. The van der Waals surface area contributed by atoms with Gasteiger partial charge in [-0.3, -0.25) is 14.6 Å². The summed E-state index contributed by atoms with van der Waals surface area (Å²) in [6.45, 7) is -0.0188. The van der Waals surface area contributed by atoms with E-state index in [1.807, 2.05) is 30.3 Å². The average molecular weight is 383 g/mol. The van der Waals surface area contributed by atoms with Crippen molar-refractivity contribution >= 4 is 23.2 Å². The Morgan fingerprint density at radius 3 is 2.56 bits per heavy atom. The molecule has 2 aromatic rings. The third-order valence-electron chi connectivity index (χ3n) is 3.46. The van der Waals surface area contributed by atoms with Crippen molar-refractivity contribution < 1.29 is 14.3 Å². The fourth-order valence-corrected chi connectivity index (χ4v) is 2.95. The summed E-state index contributed by atoms with van der Waals surface area (Å²) in [5.74, 6) is -0.997. The minimum atomic E-state index is -0.568. The van der Waals surface area contributed by atoms with E-state index in [1.165, 1.54) is 16.2 Å². The highest BCUT2D eigenvalue weighted by atomic mass is 32.1. The van der Waals surface area contributed by atoms with E-state index in [2.05, 4.69) is 9.97 Å². The number of hydrogen-bond acceptors (Lipinski definition) is 8. The van der Waals surface area contributed by atoms with E-state index < -0.39 is 18.5 Å². The number of carbonyl (C=O) groups is 2. The molecule has 0 radical (unpaired) electrons. The van der Waals surface area contributed by atoms with Gasteiger partial charge in [-0.2, -0.15) is 10.5 Å². The van der Waals surface area contributed by atoms with E-state index >= 15 is 0 Å². The van der Waals surface area contributed by atoms with Crippen molar-refractivity contribution in [2.45, 2.75) is 19.3 Å². The number of hydrogen-bond donors (Lipinski definition) is 0. The van der Waals surface area contributed by atoms with Crippen LogP contribution in [0.5, 0.6) is 0 Å². The largest absolute Gasteiger partial charge is 0.455 e. The van der Waals surface area contributed by atoms with Crippen molar-refractivity contribution in [3.8, 4) is 22.8 Å². The maximum Gasteiger partial charge on any atom is 0.312 e. The third-order valence-corrected chi connectivity index (χ3v) is 4.37. The number of aromatic nitrogens is 2. The number of nitriles is 2. The predicted molar refractivity (Wildman–Crippen MR) is 97.0 cm³/mol. The summed E-state index contributed by atoms with van der Waals surface area (Å²) < 4.78 is 5.02. The van der Waals surface area contributed by atoms with E-state index in [0.29, 0.717) is 10.7 Å². The Morgan fingerprint density at radius 2 is 1.93 bits per heavy atom. The molecule has 0 spiro atoms. The maximum absolute atomic E-state index is 12.1. The van der Waals surface area contributed by atoms with Crippen LogP contribution in [0.15, 0.2) is 29.8 Å². The topological polar surface area (TPSA) is 120 Å². The Morgan fingerprint density at radius 1 is 1.19 bits per heavy atom. The van der Waals surface area contributed by atoms with E-state index in [9.17, 15) is 9.59 Å². The van der Waals surface area contributed by atoms with Gasteiger partial charge in [-0.05, 0) is 12.1 Å². The van der Waals surface area contributed by atoms with Gasteiger partial charge < -0.3 is 9.64 Å². The lowest BCUT2D eigenvalue weighted by atomic mass is 10.3. The zero-order valence-corrected chi connectivity index (χ0v) is 15.3. The molecule has 2 aromatic heterocycles. The first-order valence-electron chi connectivity index (χ1n) is 8.17. The highest BCUT2D eigenvalue weighted by molar-refractivity contribution is 7.13. The zero-order chi connectivity index (χ0) is 19.5. The molecule has 2 heterocycles. The van der Waals surface area contributed by atoms with E-state index in [-0.39, 0.29) is 32.4 Å². The lowest BCUT2D eigenvalue weighted by Crippen LogP contribution is -2.36. The number of amides is 1. The number of pyridine rings is 1. The van der Waals surface area contributed by atoms with Gasteiger partial charge in [0.25, 0.3) is 5.91 Å². The van der Waals surface area contributed by atoms with Crippen molar-refractivity contribution in [2.75, 3.05) is 19.7 Å². The first kappa shape index (κ1) is 20.0. The number of carbonyl (C=O) groups excluding carboxylic acids is 2. The molecule has 2 rings (SSSR count). The number of thiazole rings is 1. The van der Waals surface area contributed by atoms with Gasteiger partial charge in [0.15, 0.2) is 6.61 Å². The highest BCUT2D eigenvalue weighted by Gasteiger charge is 2.16. The molecule has 0 saturated carbocycles. The molecule has 0 aliphatic heterocycles. The Hall–Kier alpha value is -3.30. The van der Waals surface area contributed by atoms with Crippen LogP contribution < -0.4 is 0 Å². The molecule has 9 heteroatoms. The van der Waals surface area contributed by atoms with Gasteiger partial charge in [0, 0.05) is 24.7 Å². The van der Waals surface area contributed by atoms with Crippen molar-refractivity contribution in [3.05, 3.63) is 35.5 Å². The summed E-state index contributed by atoms with van der Waals surface area (Å²) in [5, 5.41) is 19.7. The van der Waals surface area contributed by atoms with Gasteiger partial charge in [0.05, 0.1) is 42.8 Å². The molecule has 138 valence electrons. The molecule has 0 saturated heterocycles. The fraction of sp³-hybridized carbons (Fsp3) is 0.333. The summed E-state index contributed by atoms with van der Waals surface area (Å²) >= 11 is 1.37. The Labute approximate surface area is 160 Å². The summed E-state index contributed by atoms with van der Waals surface area (Å²) in [7, 11) is 0. The summed E-state index contributed by atoms with van der Waals surface area (Å²) in [4.78, 5) is 34.0. The Kier molecular flexibility index (Phi) is 7.89. The molecule has 1 amide bonds. The van der Waals surface area contributed by atoms with Crippen LogP contribution in [0.3, 0.4) is 0 Å². The molecule has 0 aliphatic rings. The van der Waals surface area contributed by atoms with Crippen LogP contribution in [0.1, 0.15) is 18.5 Å². The lowest BCUT2D eigenvalue weighted by Gasteiger charge is -2.19. The number of ether oxygens (including phenoxy) is 1. The molecular weight excluding hydrogens is 366 g/mol. The second-order valence-corrected chi connectivity index (χ2v) is 6.25. The molecular formula is C18H17N5O3S. The molecule has 0 fully saturated rings. The van der Waals surface area contributed by atoms with E-state index in [0.717, 1.165) is 5.69 Å². The van der Waals surface area contributed by atoms with Crippen molar-refractivity contribution in [1.29, 1.82) is 10.5 Å². The normalized spacial score (nSPS) is 9.85. The SMILES string of the molecule is N#CCCN(CCC#N)C(=O)COC(=O)Cc1csc(-c2ccccn2)n1. The van der Waals surface area contributed by atoms with Crippen LogP contribution in [-0.2, 0) is 20.7 Å². The van der Waals surface area contributed by atoms with Gasteiger partial charge in [-0.25, -0.2) is 4.98 Å². The van der Waals surface area contributed by atoms with Gasteiger partial charge in [0.2, 0.25) is 0 Å². The monoisotopic (exact) mass is 383 g/mol. The molecule has 0 atom stereocenters. The smallest absolute Gasteiger partial charge is 0.312 e. The minimum absolute atomic E-state index is 0.0486. The van der Waals surface area contributed by atoms with Crippen LogP contribution in [0.2, 0.25) is 0 Å². The zero-order valence-electron chi connectivity index (χ0n) is 14.5. The fourth-order valence-electron chi connectivity index (χ4n) is 2.16. The lowest BCUT2D eigenvalue weighted by molar-refractivity contribution is -0.151. The van der Waals surface area contributed by atoms with Crippen LogP contribution in [0, 0.1) is 22.7 Å². The van der Waals surface area contributed by atoms with Crippen LogP contribution in [-0.4, -0.2) is 46.4 Å². The van der Waals surface area contributed by atoms with Gasteiger partial charge in [-0.1, -0.05) is 6.07 Å².